The minimum absolute atomic E-state index is 0.399. The molecule has 3 fully saturated rings. The van der Waals surface area contributed by atoms with E-state index in [2.05, 4.69) is 24.0 Å². The molecule has 0 bridgehead atoms. The Labute approximate surface area is 126 Å². The lowest BCUT2D eigenvalue weighted by atomic mass is 9.78. The Hall–Kier alpha value is 0.170. The van der Waals surface area contributed by atoms with Gasteiger partial charge in [0, 0.05) is 16.5 Å². The van der Waals surface area contributed by atoms with Gasteiger partial charge in [0.05, 0.1) is 6.54 Å². The van der Waals surface area contributed by atoms with Crippen molar-refractivity contribution in [3.63, 3.8) is 0 Å². The maximum atomic E-state index is 4.86. The van der Waals surface area contributed by atoms with E-state index in [0.29, 0.717) is 5.54 Å². The van der Waals surface area contributed by atoms with Crippen LogP contribution in [0, 0.1) is 5.92 Å². The third kappa shape index (κ3) is 3.63. The average Bonchev–Trinajstić information content (AvgIpc) is 2.85. The normalized spacial score (nSPS) is 41.6. The summed E-state index contributed by atoms with van der Waals surface area (Å²) in [6.45, 7) is 3.43. The Balaban J connectivity index is 1.50. The van der Waals surface area contributed by atoms with Crippen molar-refractivity contribution in [2.45, 2.75) is 62.7 Å². The molecule has 2 aliphatic heterocycles. The molecule has 0 aromatic carbocycles. The zero-order valence-corrected chi connectivity index (χ0v) is 13.6. The van der Waals surface area contributed by atoms with Crippen molar-refractivity contribution >= 4 is 28.7 Å². The lowest BCUT2D eigenvalue weighted by molar-refractivity contribution is 0.251. The van der Waals surface area contributed by atoms with E-state index in [1.807, 2.05) is 11.8 Å². The van der Waals surface area contributed by atoms with Gasteiger partial charge in [0.15, 0.2) is 5.17 Å². The van der Waals surface area contributed by atoms with Crippen molar-refractivity contribution in [3.05, 3.63) is 0 Å². The highest BCUT2D eigenvalue weighted by molar-refractivity contribution is 8.14. The van der Waals surface area contributed by atoms with Gasteiger partial charge in [-0.25, -0.2) is 0 Å². The van der Waals surface area contributed by atoms with Crippen LogP contribution in [0.3, 0.4) is 0 Å². The van der Waals surface area contributed by atoms with Gasteiger partial charge >= 0.3 is 0 Å². The Kier molecular flexibility index (Phi) is 4.68. The van der Waals surface area contributed by atoms with E-state index in [9.17, 15) is 0 Å². The summed E-state index contributed by atoms with van der Waals surface area (Å²) >= 11 is 4.10. The standard InChI is InChI=1S/C15H26N2S2/c1-12-5-7-15(8-6-12)11-19-14(17-15)16-10-13-4-2-3-9-18-13/h12-13H,2-11H2,1H3,(H,16,17). The van der Waals surface area contributed by atoms with E-state index < -0.39 is 0 Å². The fourth-order valence-corrected chi connectivity index (χ4v) is 5.76. The molecule has 1 aliphatic carbocycles. The van der Waals surface area contributed by atoms with Crippen LogP contribution in [-0.4, -0.2) is 34.0 Å². The number of amidine groups is 1. The lowest BCUT2D eigenvalue weighted by Gasteiger charge is -2.35. The number of aliphatic imine (C=N–C) groups is 1. The molecule has 0 amide bonds. The summed E-state index contributed by atoms with van der Waals surface area (Å²) in [5, 5.41) is 5.79. The van der Waals surface area contributed by atoms with Crippen LogP contribution in [0.2, 0.25) is 0 Å². The molecule has 1 spiro atoms. The molecule has 3 rings (SSSR count). The van der Waals surface area contributed by atoms with Crippen molar-refractivity contribution < 1.29 is 0 Å². The monoisotopic (exact) mass is 298 g/mol. The molecule has 19 heavy (non-hydrogen) atoms. The average molecular weight is 299 g/mol. The highest BCUT2D eigenvalue weighted by atomic mass is 32.2. The maximum Gasteiger partial charge on any atom is 0.157 e. The van der Waals surface area contributed by atoms with E-state index >= 15 is 0 Å². The smallest absolute Gasteiger partial charge is 0.157 e. The number of thioether (sulfide) groups is 2. The third-order valence-corrected chi connectivity index (χ3v) is 7.38. The van der Waals surface area contributed by atoms with Crippen molar-refractivity contribution in [2.24, 2.45) is 10.9 Å². The Morgan fingerprint density at radius 2 is 2.11 bits per heavy atom. The maximum absolute atomic E-state index is 4.86. The first-order valence-electron chi connectivity index (χ1n) is 7.83. The van der Waals surface area contributed by atoms with E-state index in [1.54, 1.807) is 0 Å². The molecule has 1 saturated carbocycles. The number of nitrogens with zero attached hydrogens (tertiary/aromatic N) is 1. The molecule has 108 valence electrons. The van der Waals surface area contributed by atoms with Crippen molar-refractivity contribution in [3.8, 4) is 0 Å². The van der Waals surface area contributed by atoms with Crippen molar-refractivity contribution in [1.82, 2.24) is 5.32 Å². The minimum atomic E-state index is 0.399. The predicted molar refractivity (Wildman–Crippen MR) is 88.4 cm³/mol. The van der Waals surface area contributed by atoms with Crippen LogP contribution in [0.15, 0.2) is 4.99 Å². The fraction of sp³-hybridized carbons (Fsp3) is 0.933. The van der Waals surface area contributed by atoms with Gasteiger partial charge in [-0.2, -0.15) is 11.8 Å². The highest BCUT2D eigenvalue weighted by Gasteiger charge is 2.39. The Morgan fingerprint density at radius 1 is 1.26 bits per heavy atom. The molecule has 3 aliphatic rings. The molecule has 2 heterocycles. The van der Waals surface area contributed by atoms with E-state index in [-0.39, 0.29) is 0 Å². The molecule has 4 heteroatoms. The van der Waals surface area contributed by atoms with Gasteiger partial charge in [0.25, 0.3) is 0 Å². The molecule has 2 saturated heterocycles. The van der Waals surface area contributed by atoms with Gasteiger partial charge in [-0.3, -0.25) is 4.99 Å². The number of rotatable bonds is 2. The van der Waals surface area contributed by atoms with Gasteiger partial charge in [0.2, 0.25) is 0 Å². The van der Waals surface area contributed by atoms with Crippen LogP contribution in [0.1, 0.15) is 51.9 Å². The van der Waals surface area contributed by atoms with Crippen LogP contribution in [-0.2, 0) is 0 Å². The molecule has 0 radical (unpaired) electrons. The van der Waals surface area contributed by atoms with E-state index in [4.69, 9.17) is 4.99 Å². The van der Waals surface area contributed by atoms with Crippen LogP contribution in [0.4, 0.5) is 0 Å². The molecule has 2 nitrogen and oxygen atoms in total. The third-order valence-electron chi connectivity index (χ3n) is 4.80. The quantitative estimate of drug-likeness (QED) is 0.836. The van der Waals surface area contributed by atoms with Gasteiger partial charge < -0.3 is 5.32 Å². The number of hydrogen-bond acceptors (Lipinski definition) is 3. The number of nitrogens with one attached hydrogen (secondary N) is 1. The first kappa shape index (κ1) is 14.1. The zero-order chi connectivity index (χ0) is 13.1. The second kappa shape index (κ2) is 6.30. The first-order chi connectivity index (χ1) is 9.26. The Bertz CT molecular complexity index is 329. The van der Waals surface area contributed by atoms with E-state index in [0.717, 1.165) is 17.7 Å². The molecule has 1 atom stereocenters. The van der Waals surface area contributed by atoms with Crippen LogP contribution < -0.4 is 5.32 Å². The largest absolute Gasteiger partial charge is 0.359 e. The van der Waals surface area contributed by atoms with Gasteiger partial charge in [0.1, 0.15) is 0 Å². The second-order valence-corrected chi connectivity index (χ2v) is 8.88. The predicted octanol–water partition coefficient (Wildman–Crippen LogP) is 3.91. The van der Waals surface area contributed by atoms with Crippen LogP contribution in [0.25, 0.3) is 0 Å². The van der Waals surface area contributed by atoms with Gasteiger partial charge in [-0.15, -0.1) is 0 Å². The van der Waals surface area contributed by atoms with Gasteiger partial charge in [-0.1, -0.05) is 25.1 Å². The zero-order valence-electron chi connectivity index (χ0n) is 12.0. The summed E-state index contributed by atoms with van der Waals surface area (Å²) in [7, 11) is 0. The topological polar surface area (TPSA) is 24.4 Å². The molecule has 0 aromatic heterocycles. The Morgan fingerprint density at radius 3 is 2.84 bits per heavy atom. The summed E-state index contributed by atoms with van der Waals surface area (Å²) in [6, 6.07) is 0. The molecular formula is C15H26N2S2. The van der Waals surface area contributed by atoms with Crippen molar-refractivity contribution in [1.29, 1.82) is 0 Å². The minimum Gasteiger partial charge on any atom is -0.359 e. The summed E-state index contributed by atoms with van der Waals surface area (Å²) in [4.78, 5) is 4.86. The molecule has 1 N–H and O–H groups in total. The van der Waals surface area contributed by atoms with E-state index in [1.165, 1.54) is 61.6 Å². The number of hydrogen-bond donors (Lipinski definition) is 1. The summed E-state index contributed by atoms with van der Waals surface area (Å²) in [5.74, 6) is 3.52. The summed E-state index contributed by atoms with van der Waals surface area (Å²) in [5.41, 5.74) is 0.399. The van der Waals surface area contributed by atoms with Gasteiger partial charge in [-0.05, 0) is 50.2 Å². The summed E-state index contributed by atoms with van der Waals surface area (Å²) in [6.07, 6.45) is 9.65. The fourth-order valence-electron chi connectivity index (χ4n) is 3.31. The van der Waals surface area contributed by atoms with Crippen molar-refractivity contribution in [2.75, 3.05) is 18.1 Å². The second-order valence-electron chi connectivity index (χ2n) is 6.51. The van der Waals surface area contributed by atoms with Crippen LogP contribution >= 0.6 is 23.5 Å². The summed E-state index contributed by atoms with van der Waals surface area (Å²) < 4.78 is 0. The lowest BCUT2D eigenvalue weighted by Crippen LogP contribution is -2.46. The van der Waals surface area contributed by atoms with Crippen LogP contribution in [0.5, 0.6) is 0 Å². The highest BCUT2D eigenvalue weighted by Crippen LogP contribution is 2.38. The molecular weight excluding hydrogens is 272 g/mol. The molecule has 0 aromatic rings. The molecule has 1 unspecified atom stereocenters. The first-order valence-corrected chi connectivity index (χ1v) is 9.86. The SMILES string of the molecule is CC1CCC2(CC1)CSC(=NCC1CCCCS1)N2.